The Kier molecular flexibility index (Phi) is 5.24. The van der Waals surface area contributed by atoms with Crippen molar-refractivity contribution in [2.45, 2.75) is 65.1 Å². The third-order valence-corrected chi connectivity index (χ3v) is 6.16. The molecule has 1 saturated carbocycles. The lowest BCUT2D eigenvalue weighted by molar-refractivity contribution is 0.0305. The summed E-state index contributed by atoms with van der Waals surface area (Å²) in [4.78, 5) is 2.81. The first-order valence-electron chi connectivity index (χ1n) is 8.06. The molecule has 0 spiro atoms. The molecule has 0 bridgehead atoms. The lowest BCUT2D eigenvalue weighted by Gasteiger charge is -2.50. The van der Waals surface area contributed by atoms with E-state index in [0.29, 0.717) is 17.6 Å². The van der Waals surface area contributed by atoms with Gasteiger partial charge in [-0.25, -0.2) is 0 Å². The van der Waals surface area contributed by atoms with E-state index in [-0.39, 0.29) is 0 Å². The maximum Gasteiger partial charge on any atom is 0.0309 e. The molecular formula is C16H32N2S. The molecule has 3 unspecified atom stereocenters. The van der Waals surface area contributed by atoms with E-state index in [4.69, 9.17) is 0 Å². The van der Waals surface area contributed by atoms with Crippen LogP contribution in [0.2, 0.25) is 0 Å². The first-order chi connectivity index (χ1) is 8.98. The van der Waals surface area contributed by atoms with E-state index >= 15 is 0 Å². The van der Waals surface area contributed by atoms with E-state index < -0.39 is 0 Å². The second-order valence-corrected chi connectivity index (χ2v) is 8.38. The van der Waals surface area contributed by atoms with Gasteiger partial charge in [0.15, 0.2) is 0 Å². The Morgan fingerprint density at radius 1 is 1.32 bits per heavy atom. The SMILES string of the molecule is CCSCC(C)N1CC(C)(C2CC2)NCC1C(C)C. The number of nitrogens with one attached hydrogen (secondary N) is 1. The second kappa shape index (κ2) is 6.36. The molecule has 1 saturated heterocycles. The van der Waals surface area contributed by atoms with Crippen molar-refractivity contribution in [1.82, 2.24) is 10.2 Å². The second-order valence-electron chi connectivity index (χ2n) is 7.06. The summed E-state index contributed by atoms with van der Waals surface area (Å²) in [5, 5.41) is 3.88. The van der Waals surface area contributed by atoms with Crippen molar-refractivity contribution in [3.05, 3.63) is 0 Å². The average Bonchev–Trinajstić information content (AvgIpc) is 3.20. The smallest absolute Gasteiger partial charge is 0.0309 e. The summed E-state index contributed by atoms with van der Waals surface area (Å²) in [5.74, 6) is 4.18. The first-order valence-corrected chi connectivity index (χ1v) is 9.22. The van der Waals surface area contributed by atoms with Crippen LogP contribution in [-0.2, 0) is 0 Å². The van der Waals surface area contributed by atoms with Gasteiger partial charge in [-0.1, -0.05) is 20.8 Å². The van der Waals surface area contributed by atoms with Gasteiger partial charge in [-0.05, 0) is 44.3 Å². The van der Waals surface area contributed by atoms with Crippen LogP contribution in [-0.4, -0.2) is 47.1 Å². The molecule has 1 N–H and O–H groups in total. The monoisotopic (exact) mass is 284 g/mol. The Labute approximate surface area is 124 Å². The zero-order chi connectivity index (χ0) is 14.0. The van der Waals surface area contributed by atoms with Crippen LogP contribution in [0.4, 0.5) is 0 Å². The zero-order valence-corrected chi connectivity index (χ0v) is 14.2. The predicted molar refractivity (Wildman–Crippen MR) is 86.9 cm³/mol. The zero-order valence-electron chi connectivity index (χ0n) is 13.4. The van der Waals surface area contributed by atoms with Gasteiger partial charge in [0.2, 0.25) is 0 Å². The van der Waals surface area contributed by atoms with Crippen LogP contribution >= 0.6 is 11.8 Å². The van der Waals surface area contributed by atoms with E-state index in [2.05, 4.69) is 56.6 Å². The minimum Gasteiger partial charge on any atom is -0.308 e. The third kappa shape index (κ3) is 3.68. The first kappa shape index (κ1) is 15.7. The maximum absolute atomic E-state index is 3.88. The van der Waals surface area contributed by atoms with E-state index in [9.17, 15) is 0 Å². The molecule has 2 nitrogen and oxygen atoms in total. The molecular weight excluding hydrogens is 252 g/mol. The van der Waals surface area contributed by atoms with E-state index in [1.165, 1.54) is 37.4 Å². The molecule has 1 aliphatic carbocycles. The fourth-order valence-corrected chi connectivity index (χ4v) is 4.26. The summed E-state index contributed by atoms with van der Waals surface area (Å²) in [6.45, 7) is 14.3. The molecule has 1 heterocycles. The Morgan fingerprint density at radius 2 is 2.00 bits per heavy atom. The molecule has 3 heteroatoms. The van der Waals surface area contributed by atoms with Gasteiger partial charge < -0.3 is 5.32 Å². The normalized spacial score (nSPS) is 34.7. The highest BCUT2D eigenvalue weighted by atomic mass is 32.2. The lowest BCUT2D eigenvalue weighted by Crippen LogP contribution is -2.67. The standard InChI is InChI=1S/C16H32N2S/c1-6-19-10-13(4)18-11-16(5,14-7-8-14)17-9-15(18)12(2)3/h12-15,17H,6-11H2,1-5H3. The lowest BCUT2D eigenvalue weighted by atomic mass is 9.87. The van der Waals surface area contributed by atoms with Crippen molar-refractivity contribution in [1.29, 1.82) is 0 Å². The molecule has 0 aromatic rings. The van der Waals surface area contributed by atoms with E-state index in [0.717, 1.165) is 11.8 Å². The Morgan fingerprint density at radius 3 is 2.53 bits per heavy atom. The molecule has 2 aliphatic rings. The summed E-state index contributed by atoms with van der Waals surface area (Å²) < 4.78 is 0. The highest BCUT2D eigenvalue weighted by molar-refractivity contribution is 7.99. The number of rotatable bonds is 6. The molecule has 0 amide bonds. The molecule has 2 fully saturated rings. The van der Waals surface area contributed by atoms with Crippen LogP contribution in [0.25, 0.3) is 0 Å². The number of hydrogen-bond donors (Lipinski definition) is 1. The summed E-state index contributed by atoms with van der Waals surface area (Å²) in [7, 11) is 0. The van der Waals surface area contributed by atoms with Crippen molar-refractivity contribution in [3.8, 4) is 0 Å². The number of hydrogen-bond acceptors (Lipinski definition) is 3. The molecule has 112 valence electrons. The van der Waals surface area contributed by atoms with Crippen molar-refractivity contribution in [2.24, 2.45) is 11.8 Å². The Hall–Kier alpha value is 0.270. The van der Waals surface area contributed by atoms with Gasteiger partial charge in [0, 0.05) is 36.5 Å². The summed E-state index contributed by atoms with van der Waals surface area (Å²) >= 11 is 2.09. The molecule has 0 radical (unpaired) electrons. The van der Waals surface area contributed by atoms with Crippen LogP contribution < -0.4 is 5.32 Å². The number of thioether (sulfide) groups is 1. The maximum atomic E-state index is 3.88. The van der Waals surface area contributed by atoms with Crippen molar-refractivity contribution < 1.29 is 0 Å². The number of nitrogens with zero attached hydrogens (tertiary/aromatic N) is 1. The highest BCUT2D eigenvalue weighted by Gasteiger charge is 2.47. The van der Waals surface area contributed by atoms with Gasteiger partial charge in [0.25, 0.3) is 0 Å². The van der Waals surface area contributed by atoms with Crippen LogP contribution in [0, 0.1) is 11.8 Å². The quantitative estimate of drug-likeness (QED) is 0.806. The third-order valence-electron chi connectivity index (χ3n) is 5.03. The van der Waals surface area contributed by atoms with Crippen molar-refractivity contribution in [2.75, 3.05) is 24.6 Å². The topological polar surface area (TPSA) is 15.3 Å². The average molecular weight is 285 g/mol. The van der Waals surface area contributed by atoms with Gasteiger partial charge in [-0.3, -0.25) is 4.90 Å². The Balaban J connectivity index is 2.03. The Bertz CT molecular complexity index is 290. The minimum atomic E-state index is 0.372. The molecule has 0 aromatic heterocycles. The molecule has 19 heavy (non-hydrogen) atoms. The van der Waals surface area contributed by atoms with Crippen LogP contribution in [0.5, 0.6) is 0 Å². The van der Waals surface area contributed by atoms with Gasteiger partial charge in [0.05, 0.1) is 0 Å². The fraction of sp³-hybridized carbons (Fsp3) is 1.00. The molecule has 1 aliphatic heterocycles. The fourth-order valence-electron chi connectivity index (χ4n) is 3.49. The van der Waals surface area contributed by atoms with Crippen molar-refractivity contribution >= 4 is 11.8 Å². The van der Waals surface area contributed by atoms with Crippen LogP contribution in [0.1, 0.15) is 47.5 Å². The number of piperazine rings is 1. The van der Waals surface area contributed by atoms with E-state index in [1.807, 2.05) is 0 Å². The highest BCUT2D eigenvalue weighted by Crippen LogP contribution is 2.42. The van der Waals surface area contributed by atoms with Gasteiger partial charge in [0.1, 0.15) is 0 Å². The molecule has 0 aromatic carbocycles. The molecule has 2 rings (SSSR count). The minimum absolute atomic E-state index is 0.372. The van der Waals surface area contributed by atoms with Gasteiger partial charge in [-0.2, -0.15) is 11.8 Å². The van der Waals surface area contributed by atoms with Crippen LogP contribution in [0.3, 0.4) is 0 Å². The van der Waals surface area contributed by atoms with Crippen molar-refractivity contribution in [3.63, 3.8) is 0 Å². The van der Waals surface area contributed by atoms with Gasteiger partial charge in [-0.15, -0.1) is 0 Å². The van der Waals surface area contributed by atoms with E-state index in [1.54, 1.807) is 0 Å². The summed E-state index contributed by atoms with van der Waals surface area (Å²) in [5.41, 5.74) is 0.372. The summed E-state index contributed by atoms with van der Waals surface area (Å²) in [6.07, 6.45) is 2.86. The van der Waals surface area contributed by atoms with Gasteiger partial charge >= 0.3 is 0 Å². The van der Waals surface area contributed by atoms with Crippen LogP contribution in [0.15, 0.2) is 0 Å². The molecule has 3 atom stereocenters. The summed E-state index contributed by atoms with van der Waals surface area (Å²) in [6, 6.07) is 1.41. The largest absolute Gasteiger partial charge is 0.308 e. The predicted octanol–water partition coefficient (Wildman–Crippen LogP) is 3.23.